The Morgan fingerprint density at radius 2 is 1.89 bits per heavy atom. The van der Waals surface area contributed by atoms with Crippen LogP contribution in [0.3, 0.4) is 0 Å². The van der Waals surface area contributed by atoms with E-state index < -0.39 is 47.4 Å². The molecule has 1 atom stereocenters. The first-order valence-corrected chi connectivity index (χ1v) is 14.4. The van der Waals surface area contributed by atoms with Crippen LogP contribution in [-0.2, 0) is 9.53 Å². The van der Waals surface area contributed by atoms with Crippen LogP contribution in [0.4, 0.5) is 29.3 Å². The maximum Gasteiger partial charge on any atom is 0.411 e. The average Bonchev–Trinajstić information content (AvgIpc) is 3.45. The Hall–Kier alpha value is -5.60. The lowest BCUT2D eigenvalue weighted by Crippen LogP contribution is -2.34. The number of halogens is 3. The molecule has 15 heteroatoms. The van der Waals surface area contributed by atoms with Crippen LogP contribution in [0.5, 0.6) is 5.75 Å². The van der Waals surface area contributed by atoms with Crippen LogP contribution in [0.25, 0.3) is 22.4 Å². The predicted molar refractivity (Wildman–Crippen MR) is 160 cm³/mol. The number of aromatic nitrogens is 3. The highest BCUT2D eigenvalue weighted by molar-refractivity contribution is 6.02. The van der Waals surface area contributed by atoms with Crippen LogP contribution in [-0.4, -0.2) is 41.7 Å². The second kappa shape index (κ2) is 13.0. The fourth-order valence-electron chi connectivity index (χ4n) is 5.43. The number of nitrogens with zero attached hydrogens (tertiary/aromatic N) is 2. The fourth-order valence-corrected chi connectivity index (χ4v) is 5.43. The summed E-state index contributed by atoms with van der Waals surface area (Å²) in [6, 6.07) is 10.1. The number of methoxy groups -OCH3 is 1. The molecule has 1 aliphatic rings. The number of rotatable bonds is 6. The maximum absolute atomic E-state index is 14.1. The quantitative estimate of drug-likeness (QED) is 0.194. The van der Waals surface area contributed by atoms with Crippen molar-refractivity contribution in [3.8, 4) is 28.1 Å². The molecule has 0 spiro atoms. The molecule has 0 fully saturated rings. The molecular formula is C32H29F3N5O7-. The number of hydrogen-bond acceptors (Lipinski definition) is 8. The summed E-state index contributed by atoms with van der Waals surface area (Å²) < 4.78 is 49.8. The van der Waals surface area contributed by atoms with Gasteiger partial charge in [-0.1, -0.05) is 20.3 Å². The first kappa shape index (κ1) is 32.8. The molecule has 2 amide bonds. The molecular weight excluding hydrogens is 623 g/mol. The van der Waals surface area contributed by atoms with Crippen molar-refractivity contribution in [2.24, 2.45) is 5.41 Å². The molecule has 3 N–H and O–H groups in total. The van der Waals surface area contributed by atoms with Gasteiger partial charge in [0.05, 0.1) is 35.7 Å². The number of aromatic carboxylic acids is 1. The van der Waals surface area contributed by atoms with Crippen molar-refractivity contribution in [1.29, 1.82) is 0 Å². The summed E-state index contributed by atoms with van der Waals surface area (Å²) in [5.74, 6) is -3.79. The first-order chi connectivity index (χ1) is 22.3. The molecule has 2 aromatic heterocycles. The molecule has 246 valence electrons. The molecule has 3 heterocycles. The lowest BCUT2D eigenvalue weighted by atomic mass is 9.83. The normalized spacial score (nSPS) is 15.9. The van der Waals surface area contributed by atoms with Crippen molar-refractivity contribution in [3.05, 3.63) is 83.0 Å². The van der Waals surface area contributed by atoms with E-state index >= 15 is 0 Å². The number of ether oxygens (including phenoxy) is 2. The van der Waals surface area contributed by atoms with E-state index in [1.165, 1.54) is 37.4 Å². The number of fused-ring (bicyclic) bond motifs is 4. The zero-order chi connectivity index (χ0) is 34.0. The Balaban J connectivity index is 1.64. The smallest absolute Gasteiger partial charge is 0.411 e. The van der Waals surface area contributed by atoms with Gasteiger partial charge in [-0.05, 0) is 55.3 Å². The van der Waals surface area contributed by atoms with Crippen molar-refractivity contribution >= 4 is 29.3 Å². The molecule has 2 bridgehead atoms. The topological polar surface area (TPSA) is 172 Å². The Labute approximate surface area is 266 Å². The molecule has 0 aliphatic carbocycles. The molecule has 0 unspecified atom stereocenters. The molecule has 47 heavy (non-hydrogen) atoms. The van der Waals surface area contributed by atoms with E-state index in [4.69, 9.17) is 0 Å². The van der Waals surface area contributed by atoms with Gasteiger partial charge in [-0.2, -0.15) is 13.5 Å². The number of carboxylic acids is 1. The Morgan fingerprint density at radius 3 is 2.57 bits per heavy atom. The summed E-state index contributed by atoms with van der Waals surface area (Å²) in [4.78, 5) is 45.0. The van der Waals surface area contributed by atoms with E-state index in [0.29, 0.717) is 17.6 Å². The van der Waals surface area contributed by atoms with Crippen LogP contribution in [0, 0.1) is 16.4 Å². The van der Waals surface area contributed by atoms with Gasteiger partial charge in [-0.15, -0.1) is 0 Å². The van der Waals surface area contributed by atoms with Crippen LogP contribution in [0.15, 0.2) is 54.7 Å². The monoisotopic (exact) mass is 652 g/mol. The first-order valence-electron chi connectivity index (χ1n) is 14.4. The van der Waals surface area contributed by atoms with Gasteiger partial charge in [0.15, 0.2) is 6.20 Å². The zero-order valence-electron chi connectivity index (χ0n) is 25.4. The number of carbonyl (C=O) groups is 3. The maximum atomic E-state index is 14.1. The number of alkyl halides is 2. The lowest BCUT2D eigenvalue weighted by Gasteiger charge is -2.26. The number of nitrogens with one attached hydrogen (secondary N) is 3. The summed E-state index contributed by atoms with van der Waals surface area (Å²) in [5.41, 5.74) is -0.732. The summed E-state index contributed by atoms with van der Waals surface area (Å²) >= 11 is 0. The van der Waals surface area contributed by atoms with E-state index in [9.17, 15) is 37.9 Å². The van der Waals surface area contributed by atoms with Gasteiger partial charge in [0.2, 0.25) is 11.6 Å². The number of hydrogen-bond donors (Lipinski definition) is 3. The van der Waals surface area contributed by atoms with Gasteiger partial charge in [0.1, 0.15) is 23.3 Å². The number of amides is 2. The predicted octanol–water partition coefficient (Wildman–Crippen LogP) is 4.94. The van der Waals surface area contributed by atoms with E-state index in [1.807, 2.05) is 0 Å². The van der Waals surface area contributed by atoms with Gasteiger partial charge in [0.25, 0.3) is 0 Å². The Kier molecular flexibility index (Phi) is 9.08. The highest BCUT2D eigenvalue weighted by atomic mass is 19.3. The third-order valence-corrected chi connectivity index (χ3v) is 7.89. The van der Waals surface area contributed by atoms with Gasteiger partial charge in [-0.3, -0.25) is 10.1 Å². The highest BCUT2D eigenvalue weighted by Gasteiger charge is 2.33. The number of benzene rings is 2. The number of imidazole rings is 1. The highest BCUT2D eigenvalue weighted by Crippen LogP contribution is 2.39. The Morgan fingerprint density at radius 1 is 1.13 bits per heavy atom. The standard InChI is InChI=1S/C32H30F3N5O7/c1-32(2)12-4-5-20(23-10-6-16(15-40(23)45)21-13-17(33)7-11-24(21)47-30(34)35)27-38-25(26(39-27)28(41)42)19-9-8-18(36-31(44)46-3)14-22(19)37-29(32)43/h6-11,13-15,20,30H,4-5,12H2,1-3H3,(H,36,44)(H,37,43)(H,38,39)(H,41,42)/p-1/t20-/m1/s1. The van der Waals surface area contributed by atoms with Crippen LogP contribution < -0.4 is 25.2 Å². The lowest BCUT2D eigenvalue weighted by molar-refractivity contribution is -0.614. The third kappa shape index (κ3) is 6.98. The molecule has 0 saturated heterocycles. The SMILES string of the molecule is COC(=O)Nc1ccc2c(c1)NC(=O)C(C)(C)CCC[C@H](c1ccc(-c3cc(F)ccc3OC(F)F)c[n+]1[O-])c1nc-2c(C(=O)[O-])[nH]1. The van der Waals surface area contributed by atoms with Crippen molar-refractivity contribution < 1.29 is 46.9 Å². The van der Waals surface area contributed by atoms with Crippen LogP contribution >= 0.6 is 0 Å². The van der Waals surface area contributed by atoms with Gasteiger partial charge < -0.3 is 34.9 Å². The minimum atomic E-state index is -3.19. The number of aromatic amines is 1. The fraction of sp³-hybridized carbons (Fsp3) is 0.281. The van der Waals surface area contributed by atoms with Gasteiger partial charge in [0, 0.05) is 28.3 Å². The second-order valence-electron chi connectivity index (χ2n) is 11.5. The number of carbonyl (C=O) groups excluding carboxylic acids is 3. The largest absolute Gasteiger partial charge is 0.618 e. The Bertz CT molecular complexity index is 1860. The number of H-pyrrole nitrogens is 1. The molecule has 2 aromatic carbocycles. The minimum absolute atomic E-state index is 0.0786. The molecule has 12 nitrogen and oxygen atoms in total. The van der Waals surface area contributed by atoms with Crippen molar-refractivity contribution in [1.82, 2.24) is 9.97 Å². The summed E-state index contributed by atoms with van der Waals surface area (Å²) in [5, 5.41) is 31.2. The van der Waals surface area contributed by atoms with Crippen LogP contribution in [0.1, 0.15) is 61.0 Å². The van der Waals surface area contributed by atoms with E-state index in [1.54, 1.807) is 13.8 Å². The van der Waals surface area contributed by atoms with Gasteiger partial charge in [-0.25, -0.2) is 14.2 Å². The molecule has 0 saturated carbocycles. The summed E-state index contributed by atoms with van der Waals surface area (Å²) in [6.45, 7) is 0.277. The van der Waals surface area contributed by atoms with Crippen molar-refractivity contribution in [2.45, 2.75) is 45.6 Å². The minimum Gasteiger partial charge on any atom is -0.618 e. The molecule has 1 aliphatic heterocycles. The number of anilines is 2. The average molecular weight is 653 g/mol. The second-order valence-corrected chi connectivity index (χ2v) is 11.5. The number of carboxylic acid groups (broad SMARTS) is 1. The van der Waals surface area contributed by atoms with E-state index in [0.717, 1.165) is 24.4 Å². The van der Waals surface area contributed by atoms with Crippen molar-refractivity contribution in [2.75, 3.05) is 17.7 Å². The summed E-state index contributed by atoms with van der Waals surface area (Å²) in [7, 11) is 1.18. The van der Waals surface area contributed by atoms with Crippen LogP contribution in [0.2, 0.25) is 0 Å². The van der Waals surface area contributed by atoms with Crippen molar-refractivity contribution in [3.63, 3.8) is 0 Å². The molecule has 0 radical (unpaired) electrons. The van der Waals surface area contributed by atoms with Gasteiger partial charge >= 0.3 is 12.7 Å². The number of pyridine rings is 1. The molecule has 4 aromatic rings. The third-order valence-electron chi connectivity index (χ3n) is 7.89. The zero-order valence-corrected chi connectivity index (χ0v) is 25.4. The van der Waals surface area contributed by atoms with E-state index in [2.05, 4.69) is 30.1 Å². The molecule has 5 rings (SSSR count). The summed E-state index contributed by atoms with van der Waals surface area (Å²) in [6.07, 6.45) is 1.28. The van der Waals surface area contributed by atoms with E-state index in [-0.39, 0.29) is 57.4 Å².